The second-order valence-corrected chi connectivity index (χ2v) is 7.47. The summed E-state index contributed by atoms with van der Waals surface area (Å²) in [6.07, 6.45) is 9.85. The van der Waals surface area contributed by atoms with Gasteiger partial charge < -0.3 is 15.5 Å². The Labute approximate surface area is 121 Å². The van der Waals surface area contributed by atoms with Gasteiger partial charge in [-0.3, -0.25) is 4.79 Å². The van der Waals surface area contributed by atoms with Crippen LogP contribution in [0.2, 0.25) is 0 Å². The van der Waals surface area contributed by atoms with Gasteiger partial charge >= 0.3 is 0 Å². The predicted octanol–water partition coefficient (Wildman–Crippen LogP) is 1.26. The molecule has 0 aromatic carbocycles. The molecule has 4 heterocycles. The van der Waals surface area contributed by atoms with Crippen LogP contribution in [0.4, 0.5) is 0 Å². The lowest BCUT2D eigenvalue weighted by atomic mass is 9.81. The Morgan fingerprint density at radius 2 is 1.85 bits per heavy atom. The minimum atomic E-state index is 0.244. The van der Waals surface area contributed by atoms with E-state index in [1.165, 1.54) is 32.1 Å². The molecule has 0 aliphatic carbocycles. The van der Waals surface area contributed by atoms with Crippen LogP contribution >= 0.6 is 0 Å². The molecule has 4 bridgehead atoms. The molecule has 0 saturated carbocycles. The van der Waals surface area contributed by atoms with Gasteiger partial charge in [0.15, 0.2) is 0 Å². The third-order valence-corrected chi connectivity index (χ3v) is 6.32. The first-order chi connectivity index (χ1) is 9.70. The standard InChI is InChI=1S/C16H27N3O/c1-19-12-3-2-4-13(19)8-11(7-12)18-16(20)14-9-10-5-6-15(14)17-10/h10-15,17H,2-9H2,1H3,(H,18,20). The molecule has 0 aromatic rings. The van der Waals surface area contributed by atoms with Gasteiger partial charge in [-0.2, -0.15) is 0 Å². The van der Waals surface area contributed by atoms with E-state index in [1.54, 1.807) is 0 Å². The van der Waals surface area contributed by atoms with Crippen LogP contribution in [0.3, 0.4) is 0 Å². The van der Waals surface area contributed by atoms with Crippen LogP contribution in [0.1, 0.15) is 51.4 Å². The zero-order valence-electron chi connectivity index (χ0n) is 12.5. The molecule has 4 aliphatic heterocycles. The summed E-state index contributed by atoms with van der Waals surface area (Å²) >= 11 is 0. The molecule has 4 fully saturated rings. The summed E-state index contributed by atoms with van der Waals surface area (Å²) in [6, 6.07) is 2.91. The highest BCUT2D eigenvalue weighted by Gasteiger charge is 2.44. The zero-order valence-corrected chi connectivity index (χ0v) is 12.5. The molecule has 5 unspecified atom stereocenters. The number of carbonyl (C=O) groups excluding carboxylic acids is 1. The van der Waals surface area contributed by atoms with Crippen molar-refractivity contribution in [1.82, 2.24) is 15.5 Å². The van der Waals surface area contributed by atoms with Crippen LogP contribution in [-0.4, -0.2) is 48.1 Å². The molecule has 2 N–H and O–H groups in total. The van der Waals surface area contributed by atoms with Crippen LogP contribution in [0, 0.1) is 5.92 Å². The number of rotatable bonds is 2. The molecule has 0 radical (unpaired) electrons. The van der Waals surface area contributed by atoms with Crippen molar-refractivity contribution in [2.24, 2.45) is 5.92 Å². The second-order valence-electron chi connectivity index (χ2n) is 7.47. The van der Waals surface area contributed by atoms with Crippen LogP contribution in [-0.2, 0) is 4.79 Å². The number of nitrogens with one attached hydrogen (secondary N) is 2. The van der Waals surface area contributed by atoms with E-state index in [0.29, 0.717) is 36.1 Å². The molecule has 4 aliphatic rings. The van der Waals surface area contributed by atoms with Crippen molar-refractivity contribution >= 4 is 5.91 Å². The molecular weight excluding hydrogens is 250 g/mol. The van der Waals surface area contributed by atoms with Crippen molar-refractivity contribution in [3.63, 3.8) is 0 Å². The minimum absolute atomic E-state index is 0.244. The lowest BCUT2D eigenvalue weighted by molar-refractivity contribution is -0.127. The van der Waals surface area contributed by atoms with Gasteiger partial charge in [-0.15, -0.1) is 0 Å². The van der Waals surface area contributed by atoms with E-state index in [2.05, 4.69) is 22.6 Å². The zero-order chi connectivity index (χ0) is 13.7. The van der Waals surface area contributed by atoms with Crippen LogP contribution < -0.4 is 10.6 Å². The van der Waals surface area contributed by atoms with Crippen molar-refractivity contribution in [2.75, 3.05) is 7.05 Å². The maximum absolute atomic E-state index is 12.5. The number of amides is 1. The van der Waals surface area contributed by atoms with E-state index in [-0.39, 0.29) is 5.92 Å². The fraction of sp³-hybridized carbons (Fsp3) is 0.938. The fourth-order valence-corrected chi connectivity index (χ4v) is 5.16. The van der Waals surface area contributed by atoms with Gasteiger partial charge in [0.25, 0.3) is 0 Å². The van der Waals surface area contributed by atoms with Gasteiger partial charge in [-0.25, -0.2) is 0 Å². The Hall–Kier alpha value is -0.610. The Kier molecular flexibility index (Phi) is 3.26. The third kappa shape index (κ3) is 2.17. The smallest absolute Gasteiger partial charge is 0.224 e. The van der Waals surface area contributed by atoms with Crippen LogP contribution in [0.25, 0.3) is 0 Å². The summed E-state index contributed by atoms with van der Waals surface area (Å²) in [6.45, 7) is 0. The molecular formula is C16H27N3O. The molecule has 4 nitrogen and oxygen atoms in total. The summed E-state index contributed by atoms with van der Waals surface area (Å²) in [5.74, 6) is 0.575. The lowest BCUT2D eigenvalue weighted by Crippen LogP contribution is -2.56. The monoisotopic (exact) mass is 277 g/mol. The van der Waals surface area contributed by atoms with E-state index >= 15 is 0 Å². The summed E-state index contributed by atoms with van der Waals surface area (Å²) in [5, 5.41) is 6.96. The largest absolute Gasteiger partial charge is 0.353 e. The summed E-state index contributed by atoms with van der Waals surface area (Å²) in [7, 11) is 2.27. The lowest BCUT2D eigenvalue weighted by Gasteiger charge is -2.47. The van der Waals surface area contributed by atoms with Gasteiger partial charge in [0, 0.05) is 30.2 Å². The summed E-state index contributed by atoms with van der Waals surface area (Å²) in [4.78, 5) is 15.1. The van der Waals surface area contributed by atoms with Crippen molar-refractivity contribution in [3.8, 4) is 0 Å². The Morgan fingerprint density at radius 1 is 1.10 bits per heavy atom. The molecule has 1 amide bonds. The normalized spacial score (nSPS) is 47.5. The second kappa shape index (κ2) is 4.99. The van der Waals surface area contributed by atoms with Gasteiger partial charge in [0.1, 0.15) is 0 Å². The maximum Gasteiger partial charge on any atom is 0.224 e. The average molecular weight is 277 g/mol. The first-order valence-electron chi connectivity index (χ1n) is 8.49. The predicted molar refractivity (Wildman–Crippen MR) is 78.4 cm³/mol. The molecule has 4 rings (SSSR count). The number of hydrogen-bond acceptors (Lipinski definition) is 3. The van der Waals surface area contributed by atoms with Gasteiger partial charge in [-0.1, -0.05) is 6.42 Å². The van der Waals surface area contributed by atoms with Crippen molar-refractivity contribution < 1.29 is 4.79 Å². The Bertz CT molecular complexity index is 385. The average Bonchev–Trinajstić information content (AvgIpc) is 3.02. The van der Waals surface area contributed by atoms with E-state index in [4.69, 9.17) is 0 Å². The highest BCUT2D eigenvalue weighted by atomic mass is 16.2. The van der Waals surface area contributed by atoms with Gasteiger partial charge in [0.2, 0.25) is 5.91 Å². The molecule has 112 valence electrons. The van der Waals surface area contributed by atoms with Crippen molar-refractivity contribution in [3.05, 3.63) is 0 Å². The number of nitrogens with zero attached hydrogens (tertiary/aromatic N) is 1. The molecule has 4 saturated heterocycles. The van der Waals surface area contributed by atoms with Crippen LogP contribution in [0.15, 0.2) is 0 Å². The van der Waals surface area contributed by atoms with E-state index in [9.17, 15) is 4.79 Å². The molecule has 0 aromatic heterocycles. The van der Waals surface area contributed by atoms with Crippen molar-refractivity contribution in [2.45, 2.75) is 81.6 Å². The molecule has 4 heteroatoms. The Balaban J connectivity index is 1.36. The number of carbonyl (C=O) groups is 1. The number of fused-ring (bicyclic) bond motifs is 4. The Morgan fingerprint density at radius 3 is 2.45 bits per heavy atom. The number of piperidine rings is 2. The SMILES string of the molecule is CN1C2CCCC1CC(NC(=O)C1CC3CCC1N3)C2. The number of hydrogen-bond donors (Lipinski definition) is 2. The van der Waals surface area contributed by atoms with Crippen LogP contribution in [0.5, 0.6) is 0 Å². The summed E-state index contributed by atoms with van der Waals surface area (Å²) in [5.41, 5.74) is 0. The van der Waals surface area contributed by atoms with Gasteiger partial charge in [-0.05, 0) is 52.0 Å². The highest BCUT2D eigenvalue weighted by Crippen LogP contribution is 2.35. The van der Waals surface area contributed by atoms with Gasteiger partial charge in [0.05, 0.1) is 5.92 Å². The molecule has 5 atom stereocenters. The first-order valence-corrected chi connectivity index (χ1v) is 8.49. The third-order valence-electron chi connectivity index (χ3n) is 6.32. The van der Waals surface area contributed by atoms with E-state index in [1.807, 2.05) is 0 Å². The van der Waals surface area contributed by atoms with Crippen molar-refractivity contribution in [1.29, 1.82) is 0 Å². The fourth-order valence-electron chi connectivity index (χ4n) is 5.16. The van der Waals surface area contributed by atoms with E-state index < -0.39 is 0 Å². The topological polar surface area (TPSA) is 44.4 Å². The maximum atomic E-state index is 12.5. The molecule has 0 spiro atoms. The quantitative estimate of drug-likeness (QED) is 0.798. The van der Waals surface area contributed by atoms with E-state index in [0.717, 1.165) is 19.3 Å². The highest BCUT2D eigenvalue weighted by molar-refractivity contribution is 5.80. The first kappa shape index (κ1) is 13.1. The molecule has 20 heavy (non-hydrogen) atoms. The minimum Gasteiger partial charge on any atom is -0.353 e. The summed E-state index contributed by atoms with van der Waals surface area (Å²) < 4.78 is 0.